The molecule has 1 heteroatoms. The molecule has 1 nitrogen and oxygen atoms in total. The molecule has 1 aromatic rings. The zero-order chi connectivity index (χ0) is 12.3. The van der Waals surface area contributed by atoms with Gasteiger partial charge in [-0.25, -0.2) is 0 Å². The lowest BCUT2D eigenvalue weighted by atomic mass is 9.96. The molecule has 0 bridgehead atoms. The number of benzene rings is 1. The monoisotopic (exact) mass is 231 g/mol. The zero-order valence-corrected chi connectivity index (χ0v) is 11.4. The summed E-state index contributed by atoms with van der Waals surface area (Å²) in [7, 11) is 0. The quantitative estimate of drug-likeness (QED) is 0.771. The highest BCUT2D eigenvalue weighted by Gasteiger charge is 2.25. The summed E-state index contributed by atoms with van der Waals surface area (Å²) < 4.78 is 0. The van der Waals surface area contributed by atoms with Crippen LogP contribution in [0.1, 0.15) is 63.1 Å². The molecule has 0 saturated heterocycles. The van der Waals surface area contributed by atoms with E-state index in [2.05, 4.69) is 50.4 Å². The highest BCUT2D eigenvalue weighted by molar-refractivity contribution is 5.27. The Morgan fingerprint density at radius 2 is 1.71 bits per heavy atom. The highest BCUT2D eigenvalue weighted by Crippen LogP contribution is 2.37. The van der Waals surface area contributed by atoms with Gasteiger partial charge in [-0.2, -0.15) is 0 Å². The first-order valence-electron chi connectivity index (χ1n) is 7.04. The fourth-order valence-corrected chi connectivity index (χ4v) is 2.38. The van der Waals surface area contributed by atoms with E-state index in [0.717, 1.165) is 12.5 Å². The predicted octanol–water partition coefficient (Wildman–Crippen LogP) is 4.26. The molecule has 1 atom stereocenters. The molecule has 1 fully saturated rings. The SMILES string of the molecule is CCNC(CC1CC1)c1ccc(C(C)C)cc1. The van der Waals surface area contributed by atoms with Crippen LogP contribution >= 0.6 is 0 Å². The van der Waals surface area contributed by atoms with E-state index in [-0.39, 0.29) is 0 Å². The van der Waals surface area contributed by atoms with Crippen LogP contribution in [0.4, 0.5) is 0 Å². The Kier molecular flexibility index (Phi) is 4.22. The lowest BCUT2D eigenvalue weighted by Crippen LogP contribution is -2.21. The van der Waals surface area contributed by atoms with Gasteiger partial charge in [-0.1, -0.05) is 57.9 Å². The minimum absolute atomic E-state index is 0.564. The van der Waals surface area contributed by atoms with Crippen molar-refractivity contribution in [1.82, 2.24) is 5.32 Å². The second kappa shape index (κ2) is 5.68. The molecule has 17 heavy (non-hydrogen) atoms. The van der Waals surface area contributed by atoms with Gasteiger partial charge in [0.15, 0.2) is 0 Å². The van der Waals surface area contributed by atoms with Crippen LogP contribution in [0.3, 0.4) is 0 Å². The van der Waals surface area contributed by atoms with Crippen LogP contribution in [0.2, 0.25) is 0 Å². The molecule has 0 heterocycles. The summed E-state index contributed by atoms with van der Waals surface area (Å²) in [6.07, 6.45) is 4.19. The lowest BCUT2D eigenvalue weighted by molar-refractivity contribution is 0.487. The first kappa shape index (κ1) is 12.6. The van der Waals surface area contributed by atoms with Crippen LogP contribution in [-0.4, -0.2) is 6.54 Å². The van der Waals surface area contributed by atoms with Crippen molar-refractivity contribution >= 4 is 0 Å². The zero-order valence-electron chi connectivity index (χ0n) is 11.4. The summed E-state index contributed by atoms with van der Waals surface area (Å²) in [5.74, 6) is 1.61. The van der Waals surface area contributed by atoms with E-state index in [1.165, 1.54) is 30.4 Å². The third-order valence-corrected chi connectivity index (χ3v) is 3.72. The van der Waals surface area contributed by atoms with Gasteiger partial charge in [0, 0.05) is 6.04 Å². The molecule has 1 N–H and O–H groups in total. The van der Waals surface area contributed by atoms with Crippen molar-refractivity contribution in [3.63, 3.8) is 0 Å². The summed E-state index contributed by atoms with van der Waals surface area (Å²) in [6, 6.07) is 9.76. The molecule has 0 spiro atoms. The maximum Gasteiger partial charge on any atom is 0.0322 e. The van der Waals surface area contributed by atoms with Gasteiger partial charge in [0.05, 0.1) is 0 Å². The van der Waals surface area contributed by atoms with Crippen molar-refractivity contribution in [2.24, 2.45) is 5.92 Å². The van der Waals surface area contributed by atoms with Crippen molar-refractivity contribution in [3.05, 3.63) is 35.4 Å². The van der Waals surface area contributed by atoms with Gasteiger partial charge in [0.2, 0.25) is 0 Å². The summed E-state index contributed by atoms with van der Waals surface area (Å²) in [6.45, 7) is 7.76. The van der Waals surface area contributed by atoms with E-state index in [4.69, 9.17) is 0 Å². The van der Waals surface area contributed by atoms with E-state index >= 15 is 0 Å². The fourth-order valence-electron chi connectivity index (χ4n) is 2.38. The molecule has 1 unspecified atom stereocenters. The van der Waals surface area contributed by atoms with Crippen LogP contribution in [0.25, 0.3) is 0 Å². The molecular weight excluding hydrogens is 206 g/mol. The normalized spacial score (nSPS) is 17.4. The predicted molar refractivity (Wildman–Crippen MR) is 74.3 cm³/mol. The Morgan fingerprint density at radius 1 is 1.12 bits per heavy atom. The van der Waals surface area contributed by atoms with Crippen LogP contribution < -0.4 is 5.32 Å². The van der Waals surface area contributed by atoms with Crippen molar-refractivity contribution in [2.75, 3.05) is 6.54 Å². The molecular formula is C16H25N. The molecule has 1 saturated carbocycles. The van der Waals surface area contributed by atoms with Crippen molar-refractivity contribution in [3.8, 4) is 0 Å². The summed E-state index contributed by atoms with van der Waals surface area (Å²) >= 11 is 0. The van der Waals surface area contributed by atoms with Crippen LogP contribution in [0.5, 0.6) is 0 Å². The molecule has 1 aliphatic carbocycles. The smallest absolute Gasteiger partial charge is 0.0322 e. The van der Waals surface area contributed by atoms with Crippen molar-refractivity contribution in [1.29, 1.82) is 0 Å². The summed E-state index contributed by atoms with van der Waals surface area (Å²) in [5.41, 5.74) is 2.90. The van der Waals surface area contributed by atoms with Gasteiger partial charge in [-0.05, 0) is 35.9 Å². The topological polar surface area (TPSA) is 12.0 Å². The van der Waals surface area contributed by atoms with Gasteiger partial charge < -0.3 is 5.32 Å². The summed E-state index contributed by atoms with van der Waals surface area (Å²) in [4.78, 5) is 0. The van der Waals surface area contributed by atoms with E-state index in [0.29, 0.717) is 12.0 Å². The Labute approximate surface area is 106 Å². The first-order chi connectivity index (χ1) is 8.20. The first-order valence-corrected chi connectivity index (χ1v) is 7.04. The lowest BCUT2D eigenvalue weighted by Gasteiger charge is -2.19. The number of rotatable bonds is 6. The van der Waals surface area contributed by atoms with Gasteiger partial charge >= 0.3 is 0 Å². The van der Waals surface area contributed by atoms with Gasteiger partial charge in [-0.15, -0.1) is 0 Å². The second-order valence-electron chi connectivity index (χ2n) is 5.61. The van der Waals surface area contributed by atoms with Crippen molar-refractivity contribution < 1.29 is 0 Å². The average molecular weight is 231 g/mol. The molecule has 2 rings (SSSR count). The molecule has 1 aliphatic rings. The van der Waals surface area contributed by atoms with E-state index in [9.17, 15) is 0 Å². The Bertz CT molecular complexity index is 335. The largest absolute Gasteiger partial charge is 0.310 e. The minimum atomic E-state index is 0.564. The summed E-state index contributed by atoms with van der Waals surface area (Å²) in [5, 5.41) is 3.62. The standard InChI is InChI=1S/C16H25N/c1-4-17-16(11-13-5-6-13)15-9-7-14(8-10-15)12(2)3/h7-10,12-13,16-17H,4-6,11H2,1-3H3. The molecule has 1 aromatic carbocycles. The maximum absolute atomic E-state index is 3.62. The number of hydrogen-bond donors (Lipinski definition) is 1. The highest BCUT2D eigenvalue weighted by atomic mass is 14.9. The molecule has 94 valence electrons. The second-order valence-corrected chi connectivity index (χ2v) is 5.61. The third kappa shape index (κ3) is 3.57. The molecule has 0 aliphatic heterocycles. The van der Waals surface area contributed by atoms with Crippen LogP contribution in [-0.2, 0) is 0 Å². The Balaban J connectivity index is 2.05. The van der Waals surface area contributed by atoms with Crippen molar-refractivity contribution in [2.45, 2.75) is 52.0 Å². The van der Waals surface area contributed by atoms with Gasteiger partial charge in [0.1, 0.15) is 0 Å². The average Bonchev–Trinajstić information content (AvgIpc) is 3.13. The van der Waals surface area contributed by atoms with Crippen LogP contribution in [0, 0.1) is 5.92 Å². The van der Waals surface area contributed by atoms with Gasteiger partial charge in [0.25, 0.3) is 0 Å². The Hall–Kier alpha value is -0.820. The van der Waals surface area contributed by atoms with Crippen LogP contribution in [0.15, 0.2) is 24.3 Å². The number of nitrogens with one attached hydrogen (secondary N) is 1. The molecule has 0 radical (unpaired) electrons. The maximum atomic E-state index is 3.62. The third-order valence-electron chi connectivity index (χ3n) is 3.72. The van der Waals surface area contributed by atoms with Gasteiger partial charge in [-0.3, -0.25) is 0 Å². The van der Waals surface area contributed by atoms with E-state index in [1.54, 1.807) is 0 Å². The number of hydrogen-bond acceptors (Lipinski definition) is 1. The fraction of sp³-hybridized carbons (Fsp3) is 0.625. The Morgan fingerprint density at radius 3 is 2.18 bits per heavy atom. The van der Waals surface area contributed by atoms with E-state index in [1.807, 2.05) is 0 Å². The van der Waals surface area contributed by atoms with E-state index < -0.39 is 0 Å². The molecule has 0 aromatic heterocycles. The molecule has 0 amide bonds. The minimum Gasteiger partial charge on any atom is -0.310 e.